The minimum atomic E-state index is -0.503. The molecule has 0 radical (unpaired) electrons. The molecular formula is C16H16ClN3O3. The van der Waals surface area contributed by atoms with E-state index in [1.807, 2.05) is 12.1 Å². The summed E-state index contributed by atoms with van der Waals surface area (Å²) in [7, 11) is 0. The molecule has 6 nitrogen and oxygen atoms in total. The van der Waals surface area contributed by atoms with E-state index in [4.69, 9.17) is 16.3 Å². The van der Waals surface area contributed by atoms with Crippen molar-refractivity contribution >= 4 is 23.5 Å². The number of carbonyl (C=O) groups excluding carboxylic acids is 2. The van der Waals surface area contributed by atoms with Crippen LogP contribution in [0.25, 0.3) is 11.3 Å². The predicted octanol–water partition coefficient (Wildman–Crippen LogP) is 2.93. The SMILES string of the molecule is CCOC(=O)/C=C(\C)NC(=O)c1cc(-c2ccc(Cl)cc2)n[nH]1. The van der Waals surface area contributed by atoms with Gasteiger partial charge in [0.05, 0.1) is 12.3 Å². The van der Waals surface area contributed by atoms with Crippen LogP contribution < -0.4 is 5.32 Å². The molecule has 0 saturated carbocycles. The zero-order valence-corrected chi connectivity index (χ0v) is 13.5. The largest absolute Gasteiger partial charge is 0.463 e. The third-order valence-corrected chi connectivity index (χ3v) is 3.15. The summed E-state index contributed by atoms with van der Waals surface area (Å²) in [5.74, 6) is -0.896. The Hall–Kier alpha value is -2.60. The van der Waals surface area contributed by atoms with Crippen LogP contribution in [0, 0.1) is 0 Å². The second kappa shape index (κ2) is 7.60. The third kappa shape index (κ3) is 4.69. The Morgan fingerprint density at radius 3 is 2.70 bits per heavy atom. The van der Waals surface area contributed by atoms with Gasteiger partial charge >= 0.3 is 5.97 Å². The number of aromatic nitrogens is 2. The van der Waals surface area contributed by atoms with E-state index in [1.165, 1.54) is 6.08 Å². The lowest BCUT2D eigenvalue weighted by atomic mass is 10.1. The molecule has 7 heteroatoms. The fourth-order valence-corrected chi connectivity index (χ4v) is 1.98. The second-order valence-corrected chi connectivity index (χ2v) is 5.14. The normalized spacial score (nSPS) is 11.2. The molecule has 0 aliphatic rings. The van der Waals surface area contributed by atoms with Crippen LogP contribution in [-0.4, -0.2) is 28.7 Å². The lowest BCUT2D eigenvalue weighted by molar-refractivity contribution is -0.137. The number of carbonyl (C=O) groups is 2. The molecule has 1 aromatic heterocycles. The number of nitrogens with one attached hydrogen (secondary N) is 2. The van der Waals surface area contributed by atoms with E-state index < -0.39 is 11.9 Å². The fraction of sp³-hybridized carbons (Fsp3) is 0.188. The van der Waals surface area contributed by atoms with Gasteiger partial charge in [-0.05, 0) is 32.0 Å². The van der Waals surface area contributed by atoms with Crippen molar-refractivity contribution in [2.45, 2.75) is 13.8 Å². The van der Waals surface area contributed by atoms with E-state index >= 15 is 0 Å². The number of benzene rings is 1. The molecule has 1 heterocycles. The summed E-state index contributed by atoms with van der Waals surface area (Å²) in [6.45, 7) is 3.59. The smallest absolute Gasteiger partial charge is 0.332 e. The maximum atomic E-state index is 12.1. The molecule has 2 aromatic rings. The van der Waals surface area contributed by atoms with Gasteiger partial charge in [-0.25, -0.2) is 4.79 Å². The van der Waals surface area contributed by atoms with Gasteiger partial charge in [-0.3, -0.25) is 9.89 Å². The lowest BCUT2D eigenvalue weighted by Crippen LogP contribution is -2.22. The van der Waals surface area contributed by atoms with Gasteiger partial charge in [0, 0.05) is 22.4 Å². The molecule has 120 valence electrons. The summed E-state index contributed by atoms with van der Waals surface area (Å²) in [6.07, 6.45) is 1.22. The first-order valence-corrected chi connectivity index (χ1v) is 7.35. The van der Waals surface area contributed by atoms with Crippen molar-refractivity contribution in [2.75, 3.05) is 6.61 Å². The molecule has 0 unspecified atom stereocenters. The van der Waals surface area contributed by atoms with Crippen LogP contribution in [0.5, 0.6) is 0 Å². The van der Waals surface area contributed by atoms with Crippen LogP contribution in [0.15, 0.2) is 42.1 Å². The first kappa shape index (κ1) is 16.8. The van der Waals surface area contributed by atoms with Gasteiger partial charge in [0.2, 0.25) is 0 Å². The van der Waals surface area contributed by atoms with Gasteiger partial charge in [0.15, 0.2) is 0 Å². The second-order valence-electron chi connectivity index (χ2n) is 4.71. The van der Waals surface area contributed by atoms with Gasteiger partial charge in [-0.15, -0.1) is 0 Å². The molecule has 0 aliphatic carbocycles. The summed E-state index contributed by atoms with van der Waals surface area (Å²) in [4.78, 5) is 23.4. The fourth-order valence-electron chi connectivity index (χ4n) is 1.85. The van der Waals surface area contributed by atoms with Crippen LogP contribution in [0.4, 0.5) is 0 Å². The standard InChI is InChI=1S/C16H16ClN3O3/c1-3-23-15(21)8-10(2)18-16(22)14-9-13(19-20-14)11-4-6-12(17)7-5-11/h4-9H,3H2,1-2H3,(H,18,22)(H,19,20)/b10-8+. The Balaban J connectivity index is 2.06. The van der Waals surface area contributed by atoms with Gasteiger partial charge in [-0.1, -0.05) is 23.7 Å². The van der Waals surface area contributed by atoms with E-state index in [0.29, 0.717) is 16.4 Å². The van der Waals surface area contributed by atoms with E-state index in [2.05, 4.69) is 15.5 Å². The minimum absolute atomic E-state index is 0.279. The summed E-state index contributed by atoms with van der Waals surface area (Å²) >= 11 is 5.84. The maximum absolute atomic E-state index is 12.1. The molecule has 2 N–H and O–H groups in total. The Morgan fingerprint density at radius 1 is 1.35 bits per heavy atom. The zero-order chi connectivity index (χ0) is 16.8. The van der Waals surface area contributed by atoms with Crippen LogP contribution >= 0.6 is 11.6 Å². The molecule has 0 spiro atoms. The highest BCUT2D eigenvalue weighted by Crippen LogP contribution is 2.20. The number of rotatable bonds is 5. The van der Waals surface area contributed by atoms with E-state index in [-0.39, 0.29) is 12.3 Å². The number of allylic oxidation sites excluding steroid dienone is 1. The first-order valence-electron chi connectivity index (χ1n) is 6.97. The highest BCUT2D eigenvalue weighted by Gasteiger charge is 2.11. The number of ether oxygens (including phenoxy) is 1. The third-order valence-electron chi connectivity index (χ3n) is 2.89. The van der Waals surface area contributed by atoms with Crippen molar-refractivity contribution in [3.8, 4) is 11.3 Å². The molecule has 0 fully saturated rings. The molecule has 0 bridgehead atoms. The van der Waals surface area contributed by atoms with Crippen LogP contribution in [0.3, 0.4) is 0 Å². The predicted molar refractivity (Wildman–Crippen MR) is 86.9 cm³/mol. The van der Waals surface area contributed by atoms with Crippen molar-refractivity contribution in [3.05, 3.63) is 52.8 Å². The van der Waals surface area contributed by atoms with E-state index in [0.717, 1.165) is 5.56 Å². The number of amides is 1. The van der Waals surface area contributed by atoms with Crippen molar-refractivity contribution in [2.24, 2.45) is 0 Å². The summed E-state index contributed by atoms with van der Waals surface area (Å²) in [5.41, 5.74) is 2.13. The molecule has 0 saturated heterocycles. The monoisotopic (exact) mass is 333 g/mol. The molecule has 1 amide bonds. The summed E-state index contributed by atoms with van der Waals surface area (Å²) in [6, 6.07) is 8.74. The molecule has 0 atom stereocenters. The molecule has 2 rings (SSSR count). The number of esters is 1. The zero-order valence-electron chi connectivity index (χ0n) is 12.7. The summed E-state index contributed by atoms with van der Waals surface area (Å²) < 4.78 is 4.77. The van der Waals surface area contributed by atoms with Gasteiger partial charge < -0.3 is 10.1 Å². The Labute approximate surface area is 138 Å². The average Bonchev–Trinajstić information content (AvgIpc) is 2.98. The number of nitrogens with zero attached hydrogens (tertiary/aromatic N) is 1. The number of H-pyrrole nitrogens is 1. The molecule has 0 aliphatic heterocycles. The first-order chi connectivity index (χ1) is 11.0. The highest BCUT2D eigenvalue weighted by atomic mass is 35.5. The Morgan fingerprint density at radius 2 is 2.04 bits per heavy atom. The average molecular weight is 334 g/mol. The quantitative estimate of drug-likeness (QED) is 0.651. The number of halogens is 1. The van der Waals surface area contributed by atoms with Crippen molar-refractivity contribution in [1.82, 2.24) is 15.5 Å². The number of hydrogen-bond donors (Lipinski definition) is 2. The molecule has 23 heavy (non-hydrogen) atoms. The van der Waals surface area contributed by atoms with Gasteiger partial charge in [0.1, 0.15) is 5.69 Å². The number of aromatic amines is 1. The van der Waals surface area contributed by atoms with Crippen LogP contribution in [0.2, 0.25) is 5.02 Å². The van der Waals surface area contributed by atoms with Gasteiger partial charge in [0.25, 0.3) is 5.91 Å². The van der Waals surface area contributed by atoms with E-state index in [1.54, 1.807) is 32.0 Å². The van der Waals surface area contributed by atoms with Crippen LogP contribution in [0.1, 0.15) is 24.3 Å². The minimum Gasteiger partial charge on any atom is -0.463 e. The van der Waals surface area contributed by atoms with Gasteiger partial charge in [-0.2, -0.15) is 5.10 Å². The Bertz CT molecular complexity index is 735. The number of hydrogen-bond acceptors (Lipinski definition) is 4. The van der Waals surface area contributed by atoms with Crippen molar-refractivity contribution in [3.63, 3.8) is 0 Å². The van der Waals surface area contributed by atoms with Crippen molar-refractivity contribution in [1.29, 1.82) is 0 Å². The van der Waals surface area contributed by atoms with Crippen molar-refractivity contribution < 1.29 is 14.3 Å². The lowest BCUT2D eigenvalue weighted by Gasteiger charge is -2.03. The van der Waals surface area contributed by atoms with Crippen LogP contribution in [-0.2, 0) is 9.53 Å². The highest BCUT2D eigenvalue weighted by molar-refractivity contribution is 6.30. The topological polar surface area (TPSA) is 84.1 Å². The molecule has 1 aromatic carbocycles. The van der Waals surface area contributed by atoms with E-state index in [9.17, 15) is 9.59 Å². The summed E-state index contributed by atoms with van der Waals surface area (Å²) in [5, 5.41) is 9.97. The maximum Gasteiger partial charge on any atom is 0.332 e. The Kier molecular flexibility index (Phi) is 5.54. The molecular weight excluding hydrogens is 318 g/mol.